The fraction of sp³-hybridized carbons (Fsp3) is 0.364. The number of hydrogen-bond donors (Lipinski definition) is 2. The number of nitro groups is 1. The number of benzene rings is 1. The minimum absolute atomic E-state index is 0.167. The van der Waals surface area contributed by atoms with Gasteiger partial charge >= 0.3 is 5.97 Å². The predicted molar refractivity (Wildman–Crippen MR) is 71.8 cm³/mol. The number of aliphatic hydroxyl groups is 1. The summed E-state index contributed by atoms with van der Waals surface area (Å²) in [5.41, 5.74) is 0.337. The van der Waals surface area contributed by atoms with E-state index in [9.17, 15) is 14.9 Å². The molecule has 0 bridgehead atoms. The second-order valence-electron chi connectivity index (χ2n) is 3.78. The summed E-state index contributed by atoms with van der Waals surface area (Å²) in [6.07, 6.45) is 0. The van der Waals surface area contributed by atoms with Crippen molar-refractivity contribution in [3.63, 3.8) is 0 Å². The molecule has 0 fully saturated rings. The van der Waals surface area contributed by atoms with E-state index in [2.05, 4.69) is 26.0 Å². The van der Waals surface area contributed by atoms with Gasteiger partial charge in [0, 0.05) is 10.5 Å². The van der Waals surface area contributed by atoms with Gasteiger partial charge in [0.15, 0.2) is 0 Å². The Bertz CT molecular complexity index is 506. The van der Waals surface area contributed by atoms with Gasteiger partial charge < -0.3 is 15.2 Å². The smallest absolute Gasteiger partial charge is 0.327 e. The minimum Gasteiger partial charge on any atom is -0.467 e. The van der Waals surface area contributed by atoms with E-state index in [1.165, 1.54) is 20.1 Å². The van der Waals surface area contributed by atoms with E-state index in [1.807, 2.05) is 0 Å². The van der Waals surface area contributed by atoms with Crippen LogP contribution in [0, 0.1) is 10.1 Å². The Morgan fingerprint density at radius 2 is 2.26 bits per heavy atom. The van der Waals surface area contributed by atoms with E-state index < -0.39 is 16.9 Å². The van der Waals surface area contributed by atoms with E-state index in [0.717, 1.165) is 0 Å². The van der Waals surface area contributed by atoms with Crippen LogP contribution in [0.3, 0.4) is 0 Å². The summed E-state index contributed by atoms with van der Waals surface area (Å²) in [4.78, 5) is 21.7. The maximum atomic E-state index is 11.3. The molecule has 0 aliphatic heterocycles. The van der Waals surface area contributed by atoms with E-state index >= 15 is 0 Å². The second-order valence-corrected chi connectivity index (χ2v) is 4.63. The van der Waals surface area contributed by atoms with Crippen molar-refractivity contribution in [3.8, 4) is 0 Å². The van der Waals surface area contributed by atoms with Crippen molar-refractivity contribution in [2.75, 3.05) is 12.4 Å². The zero-order valence-corrected chi connectivity index (χ0v) is 11.9. The lowest BCUT2D eigenvalue weighted by molar-refractivity contribution is -0.384. The first-order valence-corrected chi connectivity index (χ1v) is 6.12. The van der Waals surface area contributed by atoms with E-state index in [-0.39, 0.29) is 18.0 Å². The summed E-state index contributed by atoms with van der Waals surface area (Å²) in [5.74, 6) is -0.535. The van der Waals surface area contributed by atoms with Crippen LogP contribution in [0.25, 0.3) is 0 Å². The molecule has 0 heterocycles. The molecule has 1 atom stereocenters. The zero-order valence-electron chi connectivity index (χ0n) is 10.3. The Labute approximate surface area is 117 Å². The van der Waals surface area contributed by atoms with Gasteiger partial charge in [-0.3, -0.25) is 10.1 Å². The molecular formula is C11H13BrN2O5. The number of nitro benzene ring substituents is 1. The lowest BCUT2D eigenvalue weighted by Crippen LogP contribution is -2.27. The number of esters is 1. The van der Waals surface area contributed by atoms with Crippen LogP contribution in [-0.4, -0.2) is 29.2 Å². The zero-order chi connectivity index (χ0) is 14.6. The van der Waals surface area contributed by atoms with Crippen LogP contribution in [0.2, 0.25) is 0 Å². The molecule has 0 spiro atoms. The molecule has 1 aromatic rings. The number of aliphatic hydroxyl groups excluding tert-OH is 1. The molecule has 2 N–H and O–H groups in total. The standard InChI is InChI=1S/C11H13BrN2O5/c1-6(11(16)19-2)13-10-8(12)3-7(5-15)4-9(10)14(17)18/h3-4,6,13,15H,5H2,1-2H3/t6-/m0/s1. The van der Waals surface area contributed by atoms with E-state index in [1.54, 1.807) is 6.07 Å². The van der Waals surface area contributed by atoms with Crippen LogP contribution >= 0.6 is 15.9 Å². The number of halogens is 1. The highest BCUT2D eigenvalue weighted by atomic mass is 79.9. The third kappa shape index (κ3) is 3.65. The maximum Gasteiger partial charge on any atom is 0.327 e. The monoisotopic (exact) mass is 332 g/mol. The lowest BCUT2D eigenvalue weighted by Gasteiger charge is -2.15. The summed E-state index contributed by atoms with van der Waals surface area (Å²) in [6.45, 7) is 1.22. The summed E-state index contributed by atoms with van der Waals surface area (Å²) in [5, 5.41) is 22.8. The molecule has 0 amide bonds. The Kier molecular flexibility index (Phi) is 5.25. The molecule has 7 nitrogen and oxygen atoms in total. The number of ether oxygens (including phenoxy) is 1. The van der Waals surface area contributed by atoms with Crippen LogP contribution in [0.15, 0.2) is 16.6 Å². The number of nitrogens with zero attached hydrogens (tertiary/aromatic N) is 1. The molecule has 0 aliphatic carbocycles. The molecule has 0 aromatic heterocycles. The average Bonchev–Trinajstić information content (AvgIpc) is 2.39. The molecule has 1 aromatic carbocycles. The molecule has 0 unspecified atom stereocenters. The third-order valence-electron chi connectivity index (χ3n) is 2.42. The SMILES string of the molecule is COC(=O)[C@H](C)Nc1c(Br)cc(CO)cc1[N+](=O)[O-]. The number of anilines is 1. The van der Waals surface area contributed by atoms with E-state index in [4.69, 9.17) is 5.11 Å². The first kappa shape index (κ1) is 15.4. The van der Waals surface area contributed by atoms with Crippen LogP contribution < -0.4 is 5.32 Å². The van der Waals surface area contributed by atoms with Crippen LogP contribution in [0.5, 0.6) is 0 Å². The largest absolute Gasteiger partial charge is 0.467 e. The van der Waals surface area contributed by atoms with Gasteiger partial charge in [-0.05, 0) is 34.5 Å². The first-order chi connectivity index (χ1) is 8.90. The van der Waals surface area contributed by atoms with Crippen molar-refractivity contribution in [1.82, 2.24) is 0 Å². The molecule has 1 rings (SSSR count). The van der Waals surface area contributed by atoms with Gasteiger partial charge in [0.2, 0.25) is 0 Å². The summed E-state index contributed by atoms with van der Waals surface area (Å²) < 4.78 is 4.93. The molecule has 0 saturated carbocycles. The molecule has 19 heavy (non-hydrogen) atoms. The van der Waals surface area contributed by atoms with Gasteiger partial charge in [-0.2, -0.15) is 0 Å². The number of methoxy groups -OCH3 is 1. The average molecular weight is 333 g/mol. The number of nitrogens with one attached hydrogen (secondary N) is 1. The number of hydrogen-bond acceptors (Lipinski definition) is 6. The minimum atomic E-state index is -0.736. The summed E-state index contributed by atoms with van der Waals surface area (Å²) in [7, 11) is 1.23. The van der Waals surface area contributed by atoms with Crippen molar-refractivity contribution in [2.45, 2.75) is 19.6 Å². The van der Waals surface area contributed by atoms with Crippen molar-refractivity contribution >= 4 is 33.3 Å². The van der Waals surface area contributed by atoms with Crippen molar-refractivity contribution in [3.05, 3.63) is 32.3 Å². The number of carbonyl (C=O) groups is 1. The normalized spacial score (nSPS) is 11.8. The fourth-order valence-corrected chi connectivity index (χ4v) is 2.09. The van der Waals surface area contributed by atoms with Crippen molar-refractivity contribution in [1.29, 1.82) is 0 Å². The van der Waals surface area contributed by atoms with E-state index in [0.29, 0.717) is 10.0 Å². The number of rotatable bonds is 5. The quantitative estimate of drug-likeness (QED) is 0.484. The predicted octanol–water partition coefficient (Wildman–Crippen LogP) is 1.82. The highest BCUT2D eigenvalue weighted by Crippen LogP contribution is 2.34. The Morgan fingerprint density at radius 3 is 2.74 bits per heavy atom. The highest BCUT2D eigenvalue weighted by Gasteiger charge is 2.22. The number of carbonyl (C=O) groups excluding carboxylic acids is 1. The Morgan fingerprint density at radius 1 is 1.63 bits per heavy atom. The summed E-state index contributed by atoms with van der Waals surface area (Å²) >= 11 is 3.18. The highest BCUT2D eigenvalue weighted by molar-refractivity contribution is 9.10. The van der Waals surface area contributed by atoms with Gasteiger partial charge in [-0.1, -0.05) is 0 Å². The van der Waals surface area contributed by atoms with Gasteiger partial charge in [-0.25, -0.2) is 4.79 Å². The van der Waals surface area contributed by atoms with Crippen molar-refractivity contribution < 1.29 is 19.6 Å². The van der Waals surface area contributed by atoms with Gasteiger partial charge in [0.25, 0.3) is 5.69 Å². The molecule has 0 saturated heterocycles. The van der Waals surface area contributed by atoms with Crippen LogP contribution in [-0.2, 0) is 16.1 Å². The summed E-state index contributed by atoms with van der Waals surface area (Å²) in [6, 6.07) is 2.05. The molecule has 104 valence electrons. The first-order valence-electron chi connectivity index (χ1n) is 5.32. The van der Waals surface area contributed by atoms with Crippen LogP contribution in [0.4, 0.5) is 11.4 Å². The Balaban J connectivity index is 3.18. The molecule has 8 heteroatoms. The van der Waals surface area contributed by atoms with Gasteiger partial charge in [0.1, 0.15) is 11.7 Å². The molecule has 0 radical (unpaired) electrons. The van der Waals surface area contributed by atoms with Crippen molar-refractivity contribution in [2.24, 2.45) is 0 Å². The van der Waals surface area contributed by atoms with Gasteiger partial charge in [0.05, 0.1) is 18.6 Å². The lowest BCUT2D eigenvalue weighted by atomic mass is 10.1. The molecular weight excluding hydrogens is 320 g/mol. The van der Waals surface area contributed by atoms with Crippen LogP contribution in [0.1, 0.15) is 12.5 Å². The maximum absolute atomic E-state index is 11.3. The van der Waals surface area contributed by atoms with Gasteiger partial charge in [-0.15, -0.1) is 0 Å². The molecule has 0 aliphatic rings. The third-order valence-corrected chi connectivity index (χ3v) is 3.05. The Hall–Kier alpha value is -1.67. The second kappa shape index (κ2) is 6.48. The topological polar surface area (TPSA) is 102 Å². The fourth-order valence-electron chi connectivity index (χ4n) is 1.48.